The van der Waals surface area contributed by atoms with Crippen molar-refractivity contribution in [2.75, 3.05) is 26.3 Å². The van der Waals surface area contributed by atoms with Crippen LogP contribution in [-0.4, -0.2) is 42.3 Å². The number of hydrogen-bond donors (Lipinski definition) is 1. The molecule has 1 aromatic rings. The lowest BCUT2D eigenvalue weighted by Gasteiger charge is -2.34. The minimum Gasteiger partial charge on any atom is -0.490 e. The van der Waals surface area contributed by atoms with Crippen molar-refractivity contribution in [3.8, 4) is 11.5 Å². The highest BCUT2D eigenvalue weighted by atomic mass is 79.9. The number of benzene rings is 1. The van der Waals surface area contributed by atoms with E-state index in [0.717, 1.165) is 47.5 Å². The first-order valence-electron chi connectivity index (χ1n) is 8.06. The number of likely N-dealkylation sites (tertiary alicyclic amines) is 1. The minimum absolute atomic E-state index is 0.275. The van der Waals surface area contributed by atoms with Crippen molar-refractivity contribution in [1.82, 2.24) is 4.90 Å². The summed E-state index contributed by atoms with van der Waals surface area (Å²) in [5.74, 6) is 0.964. The van der Waals surface area contributed by atoms with Gasteiger partial charge in [-0.15, -0.1) is 0 Å². The first-order valence-corrected chi connectivity index (χ1v) is 8.85. The zero-order chi connectivity index (χ0) is 16.4. The van der Waals surface area contributed by atoms with Gasteiger partial charge in [0.2, 0.25) is 0 Å². The van der Waals surface area contributed by atoms with Crippen molar-refractivity contribution >= 4 is 21.9 Å². The van der Waals surface area contributed by atoms with Gasteiger partial charge in [-0.05, 0) is 46.0 Å². The van der Waals surface area contributed by atoms with Crippen LogP contribution in [0.25, 0.3) is 0 Å². The Labute approximate surface area is 144 Å². The third-order valence-electron chi connectivity index (χ3n) is 4.35. The SMILES string of the molecule is CC1CC(C(=O)O)CN(Cc2cc(Br)c3c(c2)OCCCO3)C1. The summed E-state index contributed by atoms with van der Waals surface area (Å²) in [6, 6.07) is 4.06. The number of nitrogens with zero attached hydrogens (tertiary/aromatic N) is 1. The Bertz CT molecular complexity index is 592. The van der Waals surface area contributed by atoms with Gasteiger partial charge in [0.25, 0.3) is 0 Å². The lowest BCUT2D eigenvalue weighted by atomic mass is 9.90. The summed E-state index contributed by atoms with van der Waals surface area (Å²) >= 11 is 3.56. The number of carboxylic acids is 1. The number of halogens is 1. The monoisotopic (exact) mass is 383 g/mol. The van der Waals surface area contributed by atoms with E-state index in [4.69, 9.17) is 9.47 Å². The maximum atomic E-state index is 11.3. The zero-order valence-corrected chi connectivity index (χ0v) is 14.8. The summed E-state index contributed by atoms with van der Waals surface area (Å²) in [4.78, 5) is 13.5. The van der Waals surface area contributed by atoms with E-state index in [9.17, 15) is 9.90 Å². The molecule has 23 heavy (non-hydrogen) atoms. The lowest BCUT2D eigenvalue weighted by Crippen LogP contribution is -2.41. The molecule has 2 aliphatic heterocycles. The molecule has 1 aromatic carbocycles. The number of ether oxygens (including phenoxy) is 2. The van der Waals surface area contributed by atoms with Gasteiger partial charge in [-0.25, -0.2) is 0 Å². The Hall–Kier alpha value is -1.27. The van der Waals surface area contributed by atoms with E-state index in [1.54, 1.807) is 0 Å². The van der Waals surface area contributed by atoms with Crippen LogP contribution >= 0.6 is 15.9 Å². The van der Waals surface area contributed by atoms with Crippen molar-refractivity contribution in [2.45, 2.75) is 26.3 Å². The number of piperidine rings is 1. The number of carbonyl (C=O) groups is 1. The van der Waals surface area contributed by atoms with Crippen LogP contribution in [0.4, 0.5) is 0 Å². The molecule has 5 nitrogen and oxygen atoms in total. The van der Waals surface area contributed by atoms with Gasteiger partial charge in [-0.2, -0.15) is 0 Å². The second-order valence-electron chi connectivity index (χ2n) is 6.53. The van der Waals surface area contributed by atoms with Crippen LogP contribution < -0.4 is 9.47 Å². The summed E-state index contributed by atoms with van der Waals surface area (Å²) in [5, 5.41) is 9.30. The van der Waals surface area contributed by atoms with E-state index < -0.39 is 5.97 Å². The number of hydrogen-bond acceptors (Lipinski definition) is 4. The molecule has 0 aliphatic carbocycles. The molecule has 1 saturated heterocycles. The highest BCUT2D eigenvalue weighted by Crippen LogP contribution is 2.38. The molecule has 0 radical (unpaired) electrons. The fourth-order valence-electron chi connectivity index (χ4n) is 3.40. The Morgan fingerprint density at radius 3 is 2.91 bits per heavy atom. The maximum absolute atomic E-state index is 11.3. The molecule has 1 fully saturated rings. The summed E-state index contributed by atoms with van der Waals surface area (Å²) in [7, 11) is 0. The molecule has 0 spiro atoms. The van der Waals surface area contributed by atoms with E-state index in [-0.39, 0.29) is 5.92 Å². The smallest absolute Gasteiger partial charge is 0.307 e. The summed E-state index contributed by atoms with van der Waals surface area (Å²) in [6.07, 6.45) is 1.64. The van der Waals surface area contributed by atoms with Crippen molar-refractivity contribution in [3.63, 3.8) is 0 Å². The molecule has 2 heterocycles. The second-order valence-corrected chi connectivity index (χ2v) is 7.38. The highest BCUT2D eigenvalue weighted by molar-refractivity contribution is 9.10. The number of fused-ring (bicyclic) bond motifs is 1. The van der Waals surface area contributed by atoms with Gasteiger partial charge in [0.15, 0.2) is 11.5 Å². The van der Waals surface area contributed by atoms with Gasteiger partial charge in [0.1, 0.15) is 0 Å². The highest BCUT2D eigenvalue weighted by Gasteiger charge is 2.29. The third-order valence-corrected chi connectivity index (χ3v) is 4.94. The second kappa shape index (κ2) is 7.09. The van der Waals surface area contributed by atoms with Crippen molar-refractivity contribution in [2.24, 2.45) is 11.8 Å². The molecule has 2 atom stereocenters. The molecule has 3 rings (SSSR count). The van der Waals surface area contributed by atoms with Gasteiger partial charge < -0.3 is 14.6 Å². The van der Waals surface area contributed by atoms with Gasteiger partial charge in [-0.1, -0.05) is 6.92 Å². The van der Waals surface area contributed by atoms with Gasteiger partial charge in [0.05, 0.1) is 23.6 Å². The quantitative estimate of drug-likeness (QED) is 0.868. The maximum Gasteiger partial charge on any atom is 0.307 e. The molecule has 0 amide bonds. The van der Waals surface area contributed by atoms with Crippen molar-refractivity contribution in [1.29, 1.82) is 0 Å². The van der Waals surface area contributed by atoms with Crippen LogP contribution in [0, 0.1) is 11.8 Å². The molecule has 2 aliphatic rings. The molecular formula is C17H22BrNO4. The molecule has 1 N–H and O–H groups in total. The van der Waals surface area contributed by atoms with Gasteiger partial charge in [-0.3, -0.25) is 9.69 Å². The largest absolute Gasteiger partial charge is 0.490 e. The van der Waals surface area contributed by atoms with Crippen LogP contribution in [0.2, 0.25) is 0 Å². The van der Waals surface area contributed by atoms with E-state index in [0.29, 0.717) is 25.7 Å². The standard InChI is InChI=1S/C17H22BrNO4/c1-11-5-13(17(20)21)10-19(8-11)9-12-6-14(18)16-15(7-12)22-3-2-4-23-16/h6-7,11,13H,2-5,8-10H2,1H3,(H,20,21). The fourth-order valence-corrected chi connectivity index (χ4v) is 4.01. The Morgan fingerprint density at radius 1 is 1.35 bits per heavy atom. The van der Waals surface area contributed by atoms with Crippen LogP contribution in [0.1, 0.15) is 25.3 Å². The van der Waals surface area contributed by atoms with Gasteiger partial charge in [0, 0.05) is 26.1 Å². The van der Waals surface area contributed by atoms with E-state index in [1.165, 1.54) is 0 Å². The van der Waals surface area contributed by atoms with Crippen LogP contribution in [-0.2, 0) is 11.3 Å². The van der Waals surface area contributed by atoms with Crippen LogP contribution in [0.5, 0.6) is 11.5 Å². The first-order chi connectivity index (χ1) is 11.0. The van der Waals surface area contributed by atoms with Crippen LogP contribution in [0.3, 0.4) is 0 Å². The average Bonchev–Trinajstić information content (AvgIpc) is 2.72. The van der Waals surface area contributed by atoms with E-state index in [1.807, 2.05) is 12.1 Å². The predicted molar refractivity (Wildman–Crippen MR) is 89.9 cm³/mol. The van der Waals surface area contributed by atoms with Crippen LogP contribution in [0.15, 0.2) is 16.6 Å². The molecular weight excluding hydrogens is 362 g/mol. The fraction of sp³-hybridized carbons (Fsp3) is 0.588. The molecule has 0 aromatic heterocycles. The molecule has 0 saturated carbocycles. The normalized spacial score (nSPS) is 25.0. The third kappa shape index (κ3) is 3.98. The molecule has 126 valence electrons. The van der Waals surface area contributed by atoms with E-state index in [2.05, 4.69) is 27.8 Å². The zero-order valence-electron chi connectivity index (χ0n) is 13.3. The summed E-state index contributed by atoms with van der Waals surface area (Å²) in [5.41, 5.74) is 1.11. The number of carboxylic acid groups (broad SMARTS) is 1. The summed E-state index contributed by atoms with van der Waals surface area (Å²) < 4.78 is 12.4. The Morgan fingerprint density at radius 2 is 2.13 bits per heavy atom. The van der Waals surface area contributed by atoms with Crippen molar-refractivity contribution < 1.29 is 19.4 Å². The molecule has 2 unspecified atom stereocenters. The lowest BCUT2D eigenvalue weighted by molar-refractivity contribution is -0.144. The van der Waals surface area contributed by atoms with Gasteiger partial charge >= 0.3 is 5.97 Å². The summed E-state index contributed by atoms with van der Waals surface area (Å²) in [6.45, 7) is 5.69. The number of aliphatic carboxylic acids is 1. The van der Waals surface area contributed by atoms with E-state index >= 15 is 0 Å². The molecule has 0 bridgehead atoms. The Kier molecular flexibility index (Phi) is 5.11. The minimum atomic E-state index is -0.693. The topological polar surface area (TPSA) is 59.0 Å². The van der Waals surface area contributed by atoms with Crippen molar-refractivity contribution in [3.05, 3.63) is 22.2 Å². The first kappa shape index (κ1) is 16.6. The average molecular weight is 384 g/mol. The number of rotatable bonds is 3. The Balaban J connectivity index is 1.76. The predicted octanol–water partition coefficient (Wildman–Crippen LogP) is 3.15. The molecule has 6 heteroatoms.